The molecule has 0 spiro atoms. The van der Waals surface area contributed by atoms with E-state index >= 15 is 0 Å². The number of nitrogens with zero attached hydrogens (tertiary/aromatic N) is 1. The van der Waals surface area contributed by atoms with E-state index in [2.05, 4.69) is 4.98 Å². The Balaban J connectivity index is 2.36. The molecule has 0 saturated heterocycles. The number of ether oxygens (including phenoxy) is 1. The predicted molar refractivity (Wildman–Crippen MR) is 81.7 cm³/mol. The molecular formula is C17H13NO4. The highest BCUT2D eigenvalue weighted by Gasteiger charge is 2.23. The van der Waals surface area contributed by atoms with Gasteiger partial charge in [0.25, 0.3) is 0 Å². The number of fused-ring (bicyclic) bond motifs is 1. The lowest BCUT2D eigenvalue weighted by atomic mass is 10.1. The third-order valence-electron chi connectivity index (χ3n) is 3.17. The molecule has 1 aromatic carbocycles. The summed E-state index contributed by atoms with van der Waals surface area (Å²) in [6.45, 7) is 1.85. The van der Waals surface area contributed by atoms with Crippen LogP contribution in [0, 0.1) is 0 Å². The molecule has 0 radical (unpaired) electrons. The van der Waals surface area contributed by atoms with Gasteiger partial charge in [0.15, 0.2) is 11.3 Å². The maximum atomic E-state index is 12.7. The number of carbonyl (C=O) groups is 1. The maximum Gasteiger partial charge on any atom is 0.346 e. The zero-order valence-corrected chi connectivity index (χ0v) is 11.9. The Morgan fingerprint density at radius 3 is 2.68 bits per heavy atom. The van der Waals surface area contributed by atoms with Gasteiger partial charge in [0.1, 0.15) is 11.3 Å². The summed E-state index contributed by atoms with van der Waals surface area (Å²) in [5, 5.41) is 0.338. The van der Waals surface area contributed by atoms with E-state index < -0.39 is 11.4 Å². The van der Waals surface area contributed by atoms with Crippen LogP contribution < -0.4 is 5.43 Å². The van der Waals surface area contributed by atoms with Crippen LogP contribution >= 0.6 is 0 Å². The van der Waals surface area contributed by atoms with Crippen LogP contribution in [0.4, 0.5) is 0 Å². The maximum absolute atomic E-state index is 12.7. The lowest BCUT2D eigenvalue weighted by Gasteiger charge is -2.08. The first-order valence-electron chi connectivity index (χ1n) is 6.86. The van der Waals surface area contributed by atoms with E-state index in [0.717, 1.165) is 0 Å². The molecule has 0 aliphatic rings. The van der Waals surface area contributed by atoms with Crippen molar-refractivity contribution in [1.82, 2.24) is 4.98 Å². The monoisotopic (exact) mass is 295 g/mol. The van der Waals surface area contributed by atoms with Gasteiger partial charge in [-0.15, -0.1) is 0 Å². The summed E-state index contributed by atoms with van der Waals surface area (Å²) < 4.78 is 10.8. The zero-order valence-electron chi connectivity index (χ0n) is 11.9. The molecule has 2 aromatic heterocycles. The molecule has 0 amide bonds. The van der Waals surface area contributed by atoms with E-state index in [9.17, 15) is 9.59 Å². The van der Waals surface area contributed by atoms with Gasteiger partial charge in [-0.3, -0.25) is 9.78 Å². The van der Waals surface area contributed by atoms with Gasteiger partial charge < -0.3 is 9.15 Å². The summed E-state index contributed by atoms with van der Waals surface area (Å²) in [4.78, 5) is 29.0. The van der Waals surface area contributed by atoms with Crippen LogP contribution in [0.3, 0.4) is 0 Å². The van der Waals surface area contributed by atoms with E-state index in [0.29, 0.717) is 16.7 Å². The lowest BCUT2D eigenvalue weighted by Crippen LogP contribution is -2.19. The summed E-state index contributed by atoms with van der Waals surface area (Å²) in [7, 11) is 0. The first-order chi connectivity index (χ1) is 10.7. The number of rotatable bonds is 3. The van der Waals surface area contributed by atoms with Gasteiger partial charge in [-0.05, 0) is 31.2 Å². The van der Waals surface area contributed by atoms with Gasteiger partial charge in [-0.1, -0.05) is 18.2 Å². The van der Waals surface area contributed by atoms with Crippen molar-refractivity contribution in [2.75, 3.05) is 6.61 Å². The molecule has 3 rings (SSSR count). The van der Waals surface area contributed by atoms with E-state index in [1.165, 1.54) is 0 Å². The Morgan fingerprint density at radius 1 is 1.18 bits per heavy atom. The number of para-hydroxylation sites is 1. The molecule has 0 saturated carbocycles. The minimum Gasteiger partial charge on any atom is -0.462 e. The summed E-state index contributed by atoms with van der Waals surface area (Å²) in [6.07, 6.45) is 1.57. The average Bonchev–Trinajstić information content (AvgIpc) is 2.55. The molecule has 2 heterocycles. The molecule has 22 heavy (non-hydrogen) atoms. The second-order valence-corrected chi connectivity index (χ2v) is 4.57. The van der Waals surface area contributed by atoms with Crippen LogP contribution in [-0.4, -0.2) is 17.6 Å². The fourth-order valence-electron chi connectivity index (χ4n) is 2.21. The number of esters is 1. The van der Waals surface area contributed by atoms with Gasteiger partial charge in [0, 0.05) is 6.20 Å². The van der Waals surface area contributed by atoms with Crippen LogP contribution in [-0.2, 0) is 4.74 Å². The third kappa shape index (κ3) is 2.37. The Kier molecular flexibility index (Phi) is 3.70. The topological polar surface area (TPSA) is 69.4 Å². The molecule has 0 unspecified atom stereocenters. The fourth-order valence-corrected chi connectivity index (χ4v) is 2.21. The highest BCUT2D eigenvalue weighted by molar-refractivity contribution is 5.98. The summed E-state index contributed by atoms with van der Waals surface area (Å²) >= 11 is 0. The predicted octanol–water partition coefficient (Wildman–Crippen LogP) is 3.03. The van der Waals surface area contributed by atoms with Crippen LogP contribution in [0.5, 0.6) is 0 Å². The van der Waals surface area contributed by atoms with Crippen LogP contribution in [0.25, 0.3) is 22.4 Å². The Morgan fingerprint density at radius 2 is 1.95 bits per heavy atom. The lowest BCUT2D eigenvalue weighted by molar-refractivity contribution is 0.0524. The minimum absolute atomic E-state index is 0.126. The molecule has 5 heteroatoms. The molecular weight excluding hydrogens is 282 g/mol. The van der Waals surface area contributed by atoms with Crippen molar-refractivity contribution in [2.45, 2.75) is 6.92 Å². The zero-order chi connectivity index (χ0) is 15.5. The van der Waals surface area contributed by atoms with Gasteiger partial charge in [-0.2, -0.15) is 0 Å². The minimum atomic E-state index is -0.706. The van der Waals surface area contributed by atoms with Crippen LogP contribution in [0.2, 0.25) is 0 Å². The molecule has 0 aliphatic carbocycles. The molecule has 3 aromatic rings. The van der Waals surface area contributed by atoms with Crippen molar-refractivity contribution in [3.8, 4) is 11.5 Å². The van der Waals surface area contributed by atoms with Crippen LogP contribution in [0.1, 0.15) is 17.3 Å². The SMILES string of the molecule is CCOC(=O)c1c(-c2ccccn2)oc2ccccc2c1=O. The standard InChI is InChI=1S/C17H13NO4/c1-2-21-17(20)14-15(19)11-7-3-4-9-13(11)22-16(14)12-8-5-6-10-18-12/h3-10H,2H2,1H3. The molecule has 110 valence electrons. The number of hydrogen-bond donors (Lipinski definition) is 0. The summed E-state index contributed by atoms with van der Waals surface area (Å²) in [5.41, 5.74) is 0.273. The van der Waals surface area contributed by atoms with E-state index in [4.69, 9.17) is 9.15 Å². The highest BCUT2D eigenvalue weighted by Crippen LogP contribution is 2.24. The van der Waals surface area contributed by atoms with Gasteiger partial charge in [0.2, 0.25) is 5.43 Å². The van der Waals surface area contributed by atoms with Crippen molar-refractivity contribution < 1.29 is 13.9 Å². The van der Waals surface area contributed by atoms with E-state index in [1.807, 2.05) is 0 Å². The fraction of sp³-hybridized carbons (Fsp3) is 0.118. The van der Waals surface area contributed by atoms with Crippen molar-refractivity contribution in [3.63, 3.8) is 0 Å². The normalized spacial score (nSPS) is 10.6. The molecule has 0 fully saturated rings. The number of carbonyl (C=O) groups excluding carboxylic acids is 1. The quantitative estimate of drug-likeness (QED) is 0.695. The van der Waals surface area contributed by atoms with Crippen LogP contribution in [0.15, 0.2) is 57.9 Å². The molecule has 0 N–H and O–H groups in total. The van der Waals surface area contributed by atoms with Crippen molar-refractivity contribution in [1.29, 1.82) is 0 Å². The first-order valence-corrected chi connectivity index (χ1v) is 6.86. The smallest absolute Gasteiger partial charge is 0.346 e. The first kappa shape index (κ1) is 14.0. The molecule has 5 nitrogen and oxygen atoms in total. The molecule has 0 bridgehead atoms. The second kappa shape index (κ2) is 5.81. The van der Waals surface area contributed by atoms with E-state index in [-0.39, 0.29) is 17.9 Å². The van der Waals surface area contributed by atoms with Crippen molar-refractivity contribution >= 4 is 16.9 Å². The number of pyridine rings is 1. The molecule has 0 aliphatic heterocycles. The number of hydrogen-bond acceptors (Lipinski definition) is 5. The average molecular weight is 295 g/mol. The van der Waals surface area contributed by atoms with Gasteiger partial charge >= 0.3 is 5.97 Å². The van der Waals surface area contributed by atoms with Crippen molar-refractivity contribution in [2.24, 2.45) is 0 Å². The Labute approximate surface area is 126 Å². The number of aromatic nitrogens is 1. The summed E-state index contributed by atoms with van der Waals surface area (Å²) in [5.74, 6) is -0.578. The largest absolute Gasteiger partial charge is 0.462 e. The third-order valence-corrected chi connectivity index (χ3v) is 3.17. The highest BCUT2D eigenvalue weighted by atomic mass is 16.5. The van der Waals surface area contributed by atoms with Crippen molar-refractivity contribution in [3.05, 3.63) is 64.4 Å². The molecule has 0 atom stereocenters. The Bertz CT molecular complexity index is 884. The summed E-state index contributed by atoms with van der Waals surface area (Å²) in [6, 6.07) is 11.9. The van der Waals surface area contributed by atoms with E-state index in [1.54, 1.807) is 55.6 Å². The van der Waals surface area contributed by atoms with Gasteiger partial charge in [0.05, 0.1) is 12.0 Å². The number of benzene rings is 1. The van der Waals surface area contributed by atoms with Gasteiger partial charge in [-0.25, -0.2) is 4.79 Å². The second-order valence-electron chi connectivity index (χ2n) is 4.57. The Hall–Kier alpha value is -2.95.